The molecule has 0 unspecified atom stereocenters. The summed E-state index contributed by atoms with van der Waals surface area (Å²) in [6.07, 6.45) is 1.14. The summed E-state index contributed by atoms with van der Waals surface area (Å²) in [6.45, 7) is 6.85. The molecule has 0 spiro atoms. The molecule has 0 aromatic heterocycles. The quantitative estimate of drug-likeness (QED) is 0.886. The second-order valence-electron chi connectivity index (χ2n) is 6.36. The molecule has 0 amide bonds. The fourth-order valence-corrected chi connectivity index (χ4v) is 3.58. The van der Waals surface area contributed by atoms with Gasteiger partial charge in [0.2, 0.25) is 0 Å². The number of hydrogen-bond donors (Lipinski definition) is 1. The molecule has 0 aliphatic carbocycles. The number of benzene rings is 2. The first-order valence-corrected chi connectivity index (χ1v) is 7.49. The van der Waals surface area contributed by atoms with Crippen molar-refractivity contribution in [3.8, 4) is 0 Å². The number of hydrogen-bond acceptors (Lipinski definition) is 1. The van der Waals surface area contributed by atoms with Gasteiger partial charge in [-0.15, -0.1) is 0 Å². The highest BCUT2D eigenvalue weighted by atomic mass is 14.9. The molecular formula is C19H23N. The monoisotopic (exact) mass is 265 g/mol. The molecule has 0 saturated carbocycles. The van der Waals surface area contributed by atoms with Crippen molar-refractivity contribution in [1.29, 1.82) is 0 Å². The maximum atomic E-state index is 3.61. The number of aryl methyl sites for hydroxylation is 1. The molecule has 2 aromatic rings. The van der Waals surface area contributed by atoms with E-state index in [0.717, 1.165) is 19.5 Å². The van der Waals surface area contributed by atoms with Crippen molar-refractivity contribution in [3.63, 3.8) is 0 Å². The van der Waals surface area contributed by atoms with Crippen LogP contribution in [-0.4, -0.2) is 13.1 Å². The van der Waals surface area contributed by atoms with Gasteiger partial charge in [-0.2, -0.15) is 0 Å². The minimum absolute atomic E-state index is 0.299. The van der Waals surface area contributed by atoms with Crippen molar-refractivity contribution in [1.82, 2.24) is 5.32 Å². The summed E-state index contributed by atoms with van der Waals surface area (Å²) in [7, 11) is 0. The van der Waals surface area contributed by atoms with Gasteiger partial charge in [-0.25, -0.2) is 0 Å². The topological polar surface area (TPSA) is 12.0 Å². The summed E-state index contributed by atoms with van der Waals surface area (Å²) >= 11 is 0. The first-order valence-electron chi connectivity index (χ1n) is 7.49. The standard InChI is InChI=1S/C19H23N/c1-15-8-6-7-11-17(15)18-13-20-14-19(18,2)12-16-9-4-3-5-10-16/h3-11,18,20H,12-14H2,1-2H3/t18-,19-/m1/s1. The first kappa shape index (κ1) is 13.4. The Bertz CT molecular complexity index is 575. The first-order chi connectivity index (χ1) is 9.69. The van der Waals surface area contributed by atoms with E-state index in [-0.39, 0.29) is 0 Å². The molecule has 2 aromatic carbocycles. The van der Waals surface area contributed by atoms with Gasteiger partial charge in [0.25, 0.3) is 0 Å². The Labute approximate surface area is 122 Å². The third kappa shape index (κ3) is 2.51. The van der Waals surface area contributed by atoms with E-state index in [1.165, 1.54) is 16.7 Å². The smallest absolute Gasteiger partial charge is 0.00352 e. The highest BCUT2D eigenvalue weighted by molar-refractivity contribution is 5.33. The molecule has 0 bridgehead atoms. The van der Waals surface area contributed by atoms with Crippen LogP contribution < -0.4 is 5.32 Å². The highest BCUT2D eigenvalue weighted by Crippen LogP contribution is 2.42. The fourth-order valence-electron chi connectivity index (χ4n) is 3.58. The van der Waals surface area contributed by atoms with Gasteiger partial charge in [-0.05, 0) is 35.4 Å². The summed E-state index contributed by atoms with van der Waals surface area (Å²) in [5.74, 6) is 0.601. The minimum atomic E-state index is 0.299. The summed E-state index contributed by atoms with van der Waals surface area (Å²) in [5, 5.41) is 3.61. The van der Waals surface area contributed by atoms with Crippen LogP contribution in [0.3, 0.4) is 0 Å². The van der Waals surface area contributed by atoms with Crippen molar-refractivity contribution >= 4 is 0 Å². The lowest BCUT2D eigenvalue weighted by atomic mass is 9.71. The molecule has 1 heteroatoms. The molecule has 1 aliphatic rings. The van der Waals surface area contributed by atoms with Gasteiger partial charge >= 0.3 is 0 Å². The van der Waals surface area contributed by atoms with Crippen molar-refractivity contribution in [2.24, 2.45) is 5.41 Å². The molecule has 1 fully saturated rings. The Balaban J connectivity index is 1.90. The van der Waals surface area contributed by atoms with Crippen LogP contribution in [0.1, 0.15) is 29.5 Å². The average Bonchev–Trinajstić information content (AvgIpc) is 2.82. The lowest BCUT2D eigenvalue weighted by Crippen LogP contribution is -2.28. The molecule has 0 radical (unpaired) electrons. The second kappa shape index (κ2) is 5.41. The molecule has 2 atom stereocenters. The zero-order valence-corrected chi connectivity index (χ0v) is 12.4. The Hall–Kier alpha value is -1.60. The second-order valence-corrected chi connectivity index (χ2v) is 6.36. The number of rotatable bonds is 3. The molecule has 1 heterocycles. The third-order valence-corrected chi connectivity index (χ3v) is 4.73. The van der Waals surface area contributed by atoms with Gasteiger partial charge < -0.3 is 5.32 Å². The van der Waals surface area contributed by atoms with Crippen LogP contribution in [0.2, 0.25) is 0 Å². The normalized spacial score (nSPS) is 25.8. The zero-order valence-electron chi connectivity index (χ0n) is 12.4. The van der Waals surface area contributed by atoms with Gasteiger partial charge in [-0.3, -0.25) is 0 Å². The predicted molar refractivity (Wildman–Crippen MR) is 85.0 cm³/mol. The van der Waals surface area contributed by atoms with Gasteiger partial charge in [0.05, 0.1) is 0 Å². The van der Waals surface area contributed by atoms with Crippen molar-refractivity contribution < 1.29 is 0 Å². The lowest BCUT2D eigenvalue weighted by molar-refractivity contribution is 0.318. The maximum absolute atomic E-state index is 3.61. The van der Waals surface area contributed by atoms with Crippen LogP contribution >= 0.6 is 0 Å². The van der Waals surface area contributed by atoms with E-state index in [9.17, 15) is 0 Å². The highest BCUT2D eigenvalue weighted by Gasteiger charge is 2.39. The molecule has 1 saturated heterocycles. The number of nitrogens with one attached hydrogen (secondary N) is 1. The van der Waals surface area contributed by atoms with E-state index in [2.05, 4.69) is 73.8 Å². The Morgan fingerprint density at radius 1 is 1.05 bits per heavy atom. The van der Waals surface area contributed by atoms with Crippen molar-refractivity contribution in [3.05, 3.63) is 71.3 Å². The van der Waals surface area contributed by atoms with E-state index < -0.39 is 0 Å². The van der Waals surface area contributed by atoms with Crippen LogP contribution in [0.15, 0.2) is 54.6 Å². The SMILES string of the molecule is Cc1ccccc1[C@H]1CNC[C@@]1(C)Cc1ccccc1. The summed E-state index contributed by atoms with van der Waals surface area (Å²) in [5.41, 5.74) is 4.67. The van der Waals surface area contributed by atoms with E-state index in [4.69, 9.17) is 0 Å². The van der Waals surface area contributed by atoms with Crippen LogP contribution in [0.25, 0.3) is 0 Å². The molecule has 1 aliphatic heterocycles. The molecule has 3 rings (SSSR count). The summed E-state index contributed by atoms with van der Waals surface area (Å²) in [4.78, 5) is 0. The van der Waals surface area contributed by atoms with Gasteiger partial charge in [0, 0.05) is 19.0 Å². The van der Waals surface area contributed by atoms with Crippen LogP contribution in [0.4, 0.5) is 0 Å². The van der Waals surface area contributed by atoms with Crippen molar-refractivity contribution in [2.45, 2.75) is 26.2 Å². The van der Waals surface area contributed by atoms with Gasteiger partial charge in [0.1, 0.15) is 0 Å². The Morgan fingerprint density at radius 2 is 1.75 bits per heavy atom. The van der Waals surface area contributed by atoms with Crippen LogP contribution in [0.5, 0.6) is 0 Å². The Kier molecular flexibility index (Phi) is 3.62. The van der Waals surface area contributed by atoms with Gasteiger partial charge in [0.15, 0.2) is 0 Å². The van der Waals surface area contributed by atoms with Crippen molar-refractivity contribution in [2.75, 3.05) is 13.1 Å². The average molecular weight is 265 g/mol. The predicted octanol–water partition coefficient (Wildman–Crippen LogP) is 3.93. The fraction of sp³-hybridized carbons (Fsp3) is 0.368. The Morgan fingerprint density at radius 3 is 2.50 bits per heavy atom. The molecular weight excluding hydrogens is 242 g/mol. The third-order valence-electron chi connectivity index (χ3n) is 4.73. The van der Waals surface area contributed by atoms with Crippen LogP contribution in [0, 0.1) is 12.3 Å². The molecule has 20 heavy (non-hydrogen) atoms. The maximum Gasteiger partial charge on any atom is 0.00352 e. The largest absolute Gasteiger partial charge is 0.316 e. The molecule has 1 nitrogen and oxygen atoms in total. The summed E-state index contributed by atoms with van der Waals surface area (Å²) < 4.78 is 0. The zero-order chi connectivity index (χ0) is 14.0. The molecule has 104 valence electrons. The van der Waals surface area contributed by atoms with E-state index in [1.54, 1.807) is 0 Å². The van der Waals surface area contributed by atoms with Crippen LogP contribution in [-0.2, 0) is 6.42 Å². The molecule has 1 N–H and O–H groups in total. The lowest BCUT2D eigenvalue weighted by Gasteiger charge is -2.32. The summed E-state index contributed by atoms with van der Waals surface area (Å²) in [6, 6.07) is 19.7. The van der Waals surface area contributed by atoms with E-state index >= 15 is 0 Å². The minimum Gasteiger partial charge on any atom is -0.316 e. The van der Waals surface area contributed by atoms with E-state index in [0.29, 0.717) is 11.3 Å². The van der Waals surface area contributed by atoms with Gasteiger partial charge in [-0.1, -0.05) is 61.5 Å². The van der Waals surface area contributed by atoms with E-state index in [1.807, 2.05) is 0 Å².